The van der Waals surface area contributed by atoms with Crippen LogP contribution in [0, 0.1) is 0 Å². The Kier molecular flexibility index (Phi) is 2.76. The van der Waals surface area contributed by atoms with Gasteiger partial charge in [-0.15, -0.1) is 0 Å². The predicted molar refractivity (Wildman–Crippen MR) is 33.7 cm³/mol. The normalized spacial score (nSPS) is 9.70. The van der Waals surface area contributed by atoms with Gasteiger partial charge in [0.1, 0.15) is 18.5 Å². The Hall–Kier alpha value is -1.03. The molecule has 1 aromatic heterocycles. The molecule has 0 bridgehead atoms. The van der Waals surface area contributed by atoms with E-state index in [1.807, 2.05) is 0 Å². The molecule has 1 rings (SSSR count). The van der Waals surface area contributed by atoms with E-state index in [9.17, 15) is 5.11 Å². The van der Waals surface area contributed by atoms with Gasteiger partial charge >= 0.3 is 0 Å². The Morgan fingerprint density at radius 2 is 2.00 bits per heavy atom. The summed E-state index contributed by atoms with van der Waals surface area (Å²) in [6.07, 6.45) is 4.14. The number of aryl methyl sites for hydroxylation is 1. The van der Waals surface area contributed by atoms with Gasteiger partial charge < -0.3 is 0 Å². The molecular weight excluding hydrogens is 130 g/mol. The third-order valence-electron chi connectivity index (χ3n) is 1.09. The zero-order valence-electron chi connectivity index (χ0n) is 5.53. The molecular formula is C6H8N3O. The summed E-state index contributed by atoms with van der Waals surface area (Å²) in [5.74, 6) is 0.700. The average Bonchev–Trinajstić information content (AvgIpc) is 2.03. The van der Waals surface area contributed by atoms with Crippen molar-refractivity contribution < 1.29 is 5.11 Å². The highest BCUT2D eigenvalue weighted by molar-refractivity contribution is 4.80. The molecule has 0 N–H and O–H groups in total. The second-order valence-electron chi connectivity index (χ2n) is 1.86. The molecule has 0 fully saturated rings. The number of nitrogens with zero attached hydrogens (tertiary/aromatic N) is 3. The van der Waals surface area contributed by atoms with Crippen LogP contribution in [-0.2, 0) is 11.5 Å². The van der Waals surface area contributed by atoms with E-state index in [1.165, 1.54) is 12.7 Å². The van der Waals surface area contributed by atoms with Crippen LogP contribution in [-0.4, -0.2) is 21.6 Å². The molecule has 0 spiro atoms. The molecule has 10 heavy (non-hydrogen) atoms. The van der Waals surface area contributed by atoms with Crippen molar-refractivity contribution in [2.75, 3.05) is 6.61 Å². The second kappa shape index (κ2) is 3.90. The van der Waals surface area contributed by atoms with Crippen LogP contribution in [0.4, 0.5) is 0 Å². The fraction of sp³-hybridized carbons (Fsp3) is 0.500. The van der Waals surface area contributed by atoms with E-state index in [0.29, 0.717) is 18.7 Å². The van der Waals surface area contributed by atoms with Crippen molar-refractivity contribution in [1.29, 1.82) is 0 Å². The summed E-state index contributed by atoms with van der Waals surface area (Å²) in [5.41, 5.74) is 0. The third kappa shape index (κ3) is 2.06. The maximum absolute atomic E-state index is 10.0. The standard InChI is InChI=1S/C6H8N3O/c10-3-1-2-6-8-4-7-5-9-6/h4-5H,1-3H2. The molecule has 0 saturated heterocycles. The van der Waals surface area contributed by atoms with Gasteiger partial charge in [-0.1, -0.05) is 0 Å². The summed E-state index contributed by atoms with van der Waals surface area (Å²) in [7, 11) is 0. The smallest absolute Gasteiger partial charge is 0.132 e. The lowest BCUT2D eigenvalue weighted by molar-refractivity contribution is 0.188. The average molecular weight is 138 g/mol. The summed E-state index contributed by atoms with van der Waals surface area (Å²) < 4.78 is 0. The third-order valence-corrected chi connectivity index (χ3v) is 1.09. The Morgan fingerprint density at radius 3 is 2.60 bits per heavy atom. The number of hydrogen-bond donors (Lipinski definition) is 0. The Labute approximate surface area is 59.0 Å². The van der Waals surface area contributed by atoms with Gasteiger partial charge in [-0.25, -0.2) is 20.1 Å². The maximum atomic E-state index is 10.0. The summed E-state index contributed by atoms with van der Waals surface area (Å²) in [6, 6.07) is 0. The van der Waals surface area contributed by atoms with Crippen LogP contribution >= 0.6 is 0 Å². The van der Waals surface area contributed by atoms with Crippen LogP contribution in [0.25, 0.3) is 0 Å². The van der Waals surface area contributed by atoms with Crippen LogP contribution in [0.15, 0.2) is 12.7 Å². The van der Waals surface area contributed by atoms with Gasteiger partial charge in [-0.3, -0.25) is 0 Å². The molecule has 0 aliphatic heterocycles. The van der Waals surface area contributed by atoms with E-state index >= 15 is 0 Å². The largest absolute Gasteiger partial charge is 0.237 e. The van der Waals surface area contributed by atoms with Crippen LogP contribution in [0.1, 0.15) is 12.2 Å². The molecule has 4 nitrogen and oxygen atoms in total. The van der Waals surface area contributed by atoms with Crippen LogP contribution in [0.5, 0.6) is 0 Å². The van der Waals surface area contributed by atoms with E-state index < -0.39 is 0 Å². The fourth-order valence-corrected chi connectivity index (χ4v) is 0.622. The molecule has 0 aromatic carbocycles. The van der Waals surface area contributed by atoms with Crippen molar-refractivity contribution >= 4 is 0 Å². The number of aromatic nitrogens is 3. The first-order valence-corrected chi connectivity index (χ1v) is 3.12. The van der Waals surface area contributed by atoms with Crippen molar-refractivity contribution in [1.82, 2.24) is 15.0 Å². The highest BCUT2D eigenvalue weighted by Crippen LogP contribution is 1.90. The first-order valence-electron chi connectivity index (χ1n) is 3.12. The molecule has 4 heteroatoms. The van der Waals surface area contributed by atoms with Crippen LogP contribution < -0.4 is 0 Å². The molecule has 1 aromatic rings. The number of rotatable bonds is 3. The minimum absolute atomic E-state index is 0.0638. The summed E-state index contributed by atoms with van der Waals surface area (Å²) >= 11 is 0. The van der Waals surface area contributed by atoms with Crippen molar-refractivity contribution in [3.8, 4) is 0 Å². The molecule has 0 saturated carbocycles. The monoisotopic (exact) mass is 138 g/mol. The zero-order chi connectivity index (χ0) is 7.23. The van der Waals surface area contributed by atoms with Crippen molar-refractivity contribution in [3.05, 3.63) is 18.5 Å². The highest BCUT2D eigenvalue weighted by Gasteiger charge is 1.92. The minimum atomic E-state index is -0.0638. The lowest BCUT2D eigenvalue weighted by atomic mass is 10.3. The second-order valence-corrected chi connectivity index (χ2v) is 1.86. The van der Waals surface area contributed by atoms with Crippen LogP contribution in [0.3, 0.4) is 0 Å². The molecule has 0 aliphatic rings. The van der Waals surface area contributed by atoms with E-state index in [2.05, 4.69) is 15.0 Å². The Bertz CT molecular complexity index is 178. The Morgan fingerprint density at radius 1 is 1.30 bits per heavy atom. The first kappa shape index (κ1) is 7.08. The molecule has 0 amide bonds. The summed E-state index contributed by atoms with van der Waals surface area (Å²) in [4.78, 5) is 11.4. The van der Waals surface area contributed by atoms with Crippen molar-refractivity contribution in [2.24, 2.45) is 0 Å². The van der Waals surface area contributed by atoms with E-state index in [1.54, 1.807) is 0 Å². The Balaban J connectivity index is 2.43. The zero-order valence-corrected chi connectivity index (χ0v) is 5.53. The molecule has 1 heterocycles. The molecule has 0 aliphatic carbocycles. The molecule has 0 atom stereocenters. The highest BCUT2D eigenvalue weighted by atomic mass is 16.2. The van der Waals surface area contributed by atoms with Gasteiger partial charge in [0.25, 0.3) is 0 Å². The van der Waals surface area contributed by atoms with Crippen molar-refractivity contribution in [3.63, 3.8) is 0 Å². The van der Waals surface area contributed by atoms with Gasteiger partial charge in [-0.2, -0.15) is 0 Å². The van der Waals surface area contributed by atoms with Gasteiger partial charge in [0, 0.05) is 6.42 Å². The SMILES string of the molecule is [O]CCCc1ncncn1. The van der Waals surface area contributed by atoms with Crippen molar-refractivity contribution in [2.45, 2.75) is 12.8 Å². The summed E-state index contributed by atoms with van der Waals surface area (Å²) in [6.45, 7) is -0.0638. The van der Waals surface area contributed by atoms with Gasteiger partial charge in [0.15, 0.2) is 0 Å². The quantitative estimate of drug-likeness (QED) is 0.600. The van der Waals surface area contributed by atoms with E-state index in [0.717, 1.165) is 0 Å². The van der Waals surface area contributed by atoms with E-state index in [-0.39, 0.29) is 6.61 Å². The predicted octanol–water partition coefficient (Wildman–Crippen LogP) is 0.235. The van der Waals surface area contributed by atoms with Gasteiger partial charge in [-0.05, 0) is 6.42 Å². The first-order chi connectivity index (χ1) is 4.93. The number of hydrogen-bond acceptors (Lipinski definition) is 3. The topological polar surface area (TPSA) is 58.6 Å². The molecule has 0 unspecified atom stereocenters. The lowest BCUT2D eigenvalue weighted by Crippen LogP contribution is -1.95. The fourth-order valence-electron chi connectivity index (χ4n) is 0.622. The van der Waals surface area contributed by atoms with Gasteiger partial charge in [0.05, 0.1) is 6.61 Å². The summed E-state index contributed by atoms with van der Waals surface area (Å²) in [5, 5.41) is 10.0. The van der Waals surface area contributed by atoms with Crippen LogP contribution in [0.2, 0.25) is 0 Å². The maximum Gasteiger partial charge on any atom is 0.132 e. The molecule has 53 valence electrons. The lowest BCUT2D eigenvalue weighted by Gasteiger charge is -1.92. The minimum Gasteiger partial charge on any atom is -0.237 e. The van der Waals surface area contributed by atoms with E-state index in [4.69, 9.17) is 0 Å². The molecule has 1 radical (unpaired) electrons. The van der Waals surface area contributed by atoms with Gasteiger partial charge in [0.2, 0.25) is 0 Å².